The lowest BCUT2D eigenvalue weighted by Gasteiger charge is -2.09. The molecule has 76 valence electrons. The van der Waals surface area contributed by atoms with Gasteiger partial charge in [0.1, 0.15) is 6.10 Å². The number of hydrogen-bond donors (Lipinski definition) is 0. The second kappa shape index (κ2) is 3.83. The van der Waals surface area contributed by atoms with E-state index in [-0.39, 0.29) is 18.0 Å². The highest BCUT2D eigenvalue weighted by atomic mass is 32.1. The lowest BCUT2D eigenvalue weighted by atomic mass is 10.1. The molecule has 1 aromatic heterocycles. The summed E-state index contributed by atoms with van der Waals surface area (Å²) in [6.07, 6.45) is 1.91. The topological polar surface area (TPSA) is 26.3 Å². The summed E-state index contributed by atoms with van der Waals surface area (Å²) in [6.45, 7) is 4.00. The average Bonchev–Trinajstić information content (AvgIpc) is 2.73. The number of carbonyl (C=O) groups is 1. The van der Waals surface area contributed by atoms with Crippen molar-refractivity contribution >= 4 is 17.1 Å². The smallest absolute Gasteiger partial charge is 0.192 e. The number of ketones is 1. The summed E-state index contributed by atoms with van der Waals surface area (Å²) in [4.78, 5) is 13.1. The first-order valence-electron chi connectivity index (χ1n) is 4.92. The summed E-state index contributed by atoms with van der Waals surface area (Å²) in [6, 6.07) is 1.90. The van der Waals surface area contributed by atoms with Crippen molar-refractivity contribution in [3.8, 4) is 0 Å². The normalized spacial score (nSPS) is 26.7. The van der Waals surface area contributed by atoms with Crippen LogP contribution in [0.15, 0.2) is 11.4 Å². The third-order valence-electron chi connectivity index (χ3n) is 2.65. The highest BCUT2D eigenvalue weighted by molar-refractivity contribution is 7.10. The number of hydrogen-bond acceptors (Lipinski definition) is 3. The molecule has 1 saturated heterocycles. The molecule has 1 aliphatic heterocycles. The van der Waals surface area contributed by atoms with Crippen LogP contribution < -0.4 is 0 Å². The molecule has 2 nitrogen and oxygen atoms in total. The van der Waals surface area contributed by atoms with Crippen molar-refractivity contribution in [1.29, 1.82) is 0 Å². The summed E-state index contributed by atoms with van der Waals surface area (Å²) in [7, 11) is 0. The Balaban J connectivity index is 2.13. The molecule has 0 radical (unpaired) electrons. The van der Waals surface area contributed by atoms with Crippen LogP contribution in [-0.4, -0.2) is 18.0 Å². The first-order chi connectivity index (χ1) is 6.68. The van der Waals surface area contributed by atoms with E-state index in [9.17, 15) is 4.79 Å². The minimum atomic E-state index is -0.196. The minimum Gasteiger partial charge on any atom is -0.367 e. The zero-order chi connectivity index (χ0) is 10.1. The van der Waals surface area contributed by atoms with E-state index < -0.39 is 0 Å². The van der Waals surface area contributed by atoms with Gasteiger partial charge in [-0.1, -0.05) is 0 Å². The van der Waals surface area contributed by atoms with Crippen molar-refractivity contribution in [2.75, 3.05) is 0 Å². The Hall–Kier alpha value is -0.670. The maximum Gasteiger partial charge on any atom is 0.192 e. The van der Waals surface area contributed by atoms with Gasteiger partial charge in [-0.25, -0.2) is 0 Å². The number of carbonyl (C=O) groups excluding carboxylic acids is 1. The van der Waals surface area contributed by atoms with Crippen LogP contribution in [0.25, 0.3) is 0 Å². The van der Waals surface area contributed by atoms with Crippen LogP contribution in [0.5, 0.6) is 0 Å². The summed E-state index contributed by atoms with van der Waals surface area (Å²) in [5.74, 6) is 0.160. The molecule has 2 rings (SSSR count). The standard InChI is InChI=1S/C11H14O2S/c1-7-3-4-10(13-7)11(12)9-5-6-14-8(9)2/h5-7,10H,3-4H2,1-2H3. The van der Waals surface area contributed by atoms with Crippen LogP contribution in [0.2, 0.25) is 0 Å². The molecule has 0 N–H and O–H groups in total. The molecule has 1 fully saturated rings. The molecule has 14 heavy (non-hydrogen) atoms. The van der Waals surface area contributed by atoms with E-state index in [0.717, 1.165) is 23.3 Å². The van der Waals surface area contributed by atoms with Gasteiger partial charge in [-0.3, -0.25) is 4.79 Å². The predicted octanol–water partition coefficient (Wildman–Crippen LogP) is 2.81. The number of thiophene rings is 1. The molecular formula is C11H14O2S. The van der Waals surface area contributed by atoms with E-state index in [1.165, 1.54) is 0 Å². The Morgan fingerprint density at radius 2 is 2.36 bits per heavy atom. The molecule has 2 heterocycles. The van der Waals surface area contributed by atoms with Crippen LogP contribution in [0, 0.1) is 6.92 Å². The van der Waals surface area contributed by atoms with E-state index in [1.807, 2.05) is 25.3 Å². The SMILES string of the molecule is Cc1sccc1C(=O)C1CCC(C)O1. The van der Waals surface area contributed by atoms with Gasteiger partial charge in [-0.05, 0) is 38.1 Å². The van der Waals surface area contributed by atoms with Crippen molar-refractivity contribution < 1.29 is 9.53 Å². The first kappa shape index (κ1) is 9.87. The predicted molar refractivity (Wildman–Crippen MR) is 57.0 cm³/mol. The van der Waals surface area contributed by atoms with Crippen LogP contribution in [0.4, 0.5) is 0 Å². The fourth-order valence-electron chi connectivity index (χ4n) is 1.81. The molecule has 1 aliphatic rings. The Bertz CT molecular complexity index is 343. The molecule has 0 bridgehead atoms. The first-order valence-corrected chi connectivity index (χ1v) is 5.80. The second-order valence-electron chi connectivity index (χ2n) is 3.77. The Morgan fingerprint density at radius 1 is 1.57 bits per heavy atom. The number of rotatable bonds is 2. The second-order valence-corrected chi connectivity index (χ2v) is 4.89. The van der Waals surface area contributed by atoms with Gasteiger partial charge in [0, 0.05) is 10.4 Å². The summed E-state index contributed by atoms with van der Waals surface area (Å²) < 4.78 is 5.56. The molecule has 0 spiro atoms. The van der Waals surface area contributed by atoms with E-state index >= 15 is 0 Å². The third-order valence-corrected chi connectivity index (χ3v) is 3.49. The van der Waals surface area contributed by atoms with Crippen molar-refractivity contribution in [2.24, 2.45) is 0 Å². The molecule has 1 aromatic rings. The highest BCUT2D eigenvalue weighted by Crippen LogP contribution is 2.25. The van der Waals surface area contributed by atoms with Gasteiger partial charge < -0.3 is 4.74 Å². The average molecular weight is 210 g/mol. The summed E-state index contributed by atoms with van der Waals surface area (Å²) in [5, 5.41) is 1.96. The zero-order valence-corrected chi connectivity index (χ0v) is 9.26. The molecule has 0 amide bonds. The van der Waals surface area contributed by atoms with Gasteiger partial charge in [0.15, 0.2) is 5.78 Å². The van der Waals surface area contributed by atoms with Crippen LogP contribution in [0.1, 0.15) is 35.0 Å². The van der Waals surface area contributed by atoms with Crippen molar-refractivity contribution in [1.82, 2.24) is 0 Å². The third kappa shape index (κ3) is 1.74. The molecule has 3 heteroatoms. The molecule has 0 aromatic carbocycles. The molecule has 0 aliphatic carbocycles. The molecule has 2 unspecified atom stereocenters. The van der Waals surface area contributed by atoms with Crippen LogP contribution in [-0.2, 0) is 4.74 Å². The highest BCUT2D eigenvalue weighted by Gasteiger charge is 2.29. The van der Waals surface area contributed by atoms with Gasteiger partial charge in [-0.15, -0.1) is 11.3 Å². The van der Waals surface area contributed by atoms with Crippen molar-refractivity contribution in [3.05, 3.63) is 21.9 Å². The van der Waals surface area contributed by atoms with Gasteiger partial charge >= 0.3 is 0 Å². The number of aryl methyl sites for hydroxylation is 1. The maximum atomic E-state index is 12.0. The van der Waals surface area contributed by atoms with E-state index in [2.05, 4.69) is 0 Å². The largest absolute Gasteiger partial charge is 0.367 e. The monoisotopic (exact) mass is 210 g/mol. The van der Waals surface area contributed by atoms with E-state index in [1.54, 1.807) is 11.3 Å². The zero-order valence-electron chi connectivity index (χ0n) is 8.45. The van der Waals surface area contributed by atoms with Crippen molar-refractivity contribution in [2.45, 2.75) is 38.9 Å². The molecular weight excluding hydrogens is 196 g/mol. The van der Waals surface area contributed by atoms with Crippen LogP contribution >= 0.6 is 11.3 Å². The molecule has 0 saturated carbocycles. The van der Waals surface area contributed by atoms with Gasteiger partial charge in [0.25, 0.3) is 0 Å². The lowest BCUT2D eigenvalue weighted by Crippen LogP contribution is -2.20. The van der Waals surface area contributed by atoms with Gasteiger partial charge in [0.05, 0.1) is 6.10 Å². The van der Waals surface area contributed by atoms with Crippen LogP contribution in [0.3, 0.4) is 0 Å². The van der Waals surface area contributed by atoms with E-state index in [0.29, 0.717) is 0 Å². The van der Waals surface area contributed by atoms with Crippen molar-refractivity contribution in [3.63, 3.8) is 0 Å². The maximum absolute atomic E-state index is 12.0. The summed E-state index contributed by atoms with van der Waals surface area (Å²) in [5.41, 5.74) is 0.842. The van der Waals surface area contributed by atoms with Gasteiger partial charge in [-0.2, -0.15) is 0 Å². The quantitative estimate of drug-likeness (QED) is 0.702. The Morgan fingerprint density at radius 3 is 2.86 bits per heavy atom. The number of ether oxygens (including phenoxy) is 1. The van der Waals surface area contributed by atoms with Gasteiger partial charge in [0.2, 0.25) is 0 Å². The minimum absolute atomic E-state index is 0.160. The molecule has 2 atom stereocenters. The Kier molecular flexibility index (Phi) is 2.70. The fraction of sp³-hybridized carbons (Fsp3) is 0.545. The Labute approximate surface area is 87.9 Å². The number of Topliss-reactive ketones (excluding diaryl/α,β-unsaturated/α-hetero) is 1. The van der Waals surface area contributed by atoms with E-state index in [4.69, 9.17) is 4.74 Å². The summed E-state index contributed by atoms with van der Waals surface area (Å²) >= 11 is 1.62. The fourth-order valence-corrected chi connectivity index (χ4v) is 2.51. The lowest BCUT2D eigenvalue weighted by molar-refractivity contribution is 0.0433.